The van der Waals surface area contributed by atoms with Crippen LogP contribution in [0.2, 0.25) is 0 Å². The van der Waals surface area contributed by atoms with Gasteiger partial charge in [-0.1, -0.05) is 11.2 Å². The van der Waals surface area contributed by atoms with E-state index in [2.05, 4.69) is 15.0 Å². The predicted molar refractivity (Wildman–Crippen MR) is 65.6 cm³/mol. The van der Waals surface area contributed by atoms with Crippen LogP contribution in [0.3, 0.4) is 0 Å². The second-order valence-electron chi connectivity index (χ2n) is 3.92. The highest BCUT2D eigenvalue weighted by Gasteiger charge is 2.13. The topological polar surface area (TPSA) is 132 Å². The lowest BCUT2D eigenvalue weighted by atomic mass is 10.0. The van der Waals surface area contributed by atoms with E-state index in [1.54, 1.807) is 18.2 Å². The first-order valence-corrected chi connectivity index (χ1v) is 5.49. The van der Waals surface area contributed by atoms with Gasteiger partial charge in [-0.05, 0) is 29.6 Å². The Labute approximate surface area is 106 Å². The van der Waals surface area contributed by atoms with Gasteiger partial charge < -0.3 is 9.52 Å². The number of aromatic nitrogens is 1. The van der Waals surface area contributed by atoms with E-state index in [1.807, 2.05) is 0 Å². The molecule has 2 N–H and O–H groups in total. The zero-order chi connectivity index (χ0) is 13.8. The Morgan fingerprint density at radius 3 is 3.05 bits per heavy atom. The molecule has 8 nitrogen and oxygen atoms in total. The average Bonchev–Trinajstić information content (AvgIpc) is 2.73. The van der Waals surface area contributed by atoms with Crippen LogP contribution >= 0.6 is 0 Å². The van der Waals surface area contributed by atoms with Gasteiger partial charge in [0.05, 0.1) is 11.6 Å². The van der Waals surface area contributed by atoms with Crippen molar-refractivity contribution in [3.8, 4) is 0 Å². The van der Waals surface area contributed by atoms with Crippen molar-refractivity contribution < 1.29 is 14.3 Å². The van der Waals surface area contributed by atoms with Gasteiger partial charge in [-0.2, -0.15) is 0 Å². The van der Waals surface area contributed by atoms with Gasteiger partial charge in [0.25, 0.3) is 0 Å². The fraction of sp³-hybridized carbons (Fsp3) is 0.273. The summed E-state index contributed by atoms with van der Waals surface area (Å²) in [6, 6.07) is 4.24. The van der Waals surface area contributed by atoms with Crippen LogP contribution in [0, 0.1) is 0 Å². The summed E-state index contributed by atoms with van der Waals surface area (Å²) >= 11 is 0. The molecule has 0 aliphatic carbocycles. The minimum Gasteiger partial charge on any atom is -0.481 e. The van der Waals surface area contributed by atoms with E-state index in [1.165, 1.54) is 0 Å². The van der Waals surface area contributed by atoms with E-state index in [9.17, 15) is 9.59 Å². The number of benzene rings is 1. The highest BCUT2D eigenvalue weighted by Crippen LogP contribution is 2.25. The van der Waals surface area contributed by atoms with Gasteiger partial charge >= 0.3 is 11.7 Å². The molecule has 0 aliphatic heterocycles. The maximum Gasteiger partial charge on any atom is 0.417 e. The third-order valence-corrected chi connectivity index (χ3v) is 2.65. The number of azide groups is 1. The molecule has 0 fully saturated rings. The maximum absolute atomic E-state index is 11.0. The number of nitrogens with zero attached hydrogens (tertiary/aromatic N) is 3. The number of nitrogens with one attached hydrogen (secondary N) is 1. The van der Waals surface area contributed by atoms with Gasteiger partial charge in [0.1, 0.15) is 0 Å². The molecule has 0 radical (unpaired) electrons. The van der Waals surface area contributed by atoms with Gasteiger partial charge in [0, 0.05) is 11.3 Å². The number of oxazole rings is 1. The first kappa shape index (κ1) is 12.7. The summed E-state index contributed by atoms with van der Waals surface area (Å²) in [5.41, 5.74) is 10.00. The Hall–Kier alpha value is -2.73. The highest BCUT2D eigenvalue weighted by molar-refractivity contribution is 5.73. The summed E-state index contributed by atoms with van der Waals surface area (Å²) in [5.74, 6) is -1.54. The molecule has 0 saturated heterocycles. The summed E-state index contributed by atoms with van der Waals surface area (Å²) in [4.78, 5) is 26.8. The number of H-pyrrole nitrogens is 1. The Kier molecular flexibility index (Phi) is 3.53. The molecule has 1 unspecified atom stereocenters. The fourth-order valence-electron chi connectivity index (χ4n) is 1.78. The van der Waals surface area contributed by atoms with Crippen LogP contribution in [-0.2, 0) is 4.79 Å². The van der Waals surface area contributed by atoms with Crippen LogP contribution in [0.1, 0.15) is 24.4 Å². The minimum absolute atomic E-state index is 0.112. The number of hydrogen-bond donors (Lipinski definition) is 2. The Bertz CT molecular complexity index is 711. The number of aromatic amines is 1. The minimum atomic E-state index is -0.965. The van der Waals surface area contributed by atoms with Crippen molar-refractivity contribution in [3.63, 3.8) is 0 Å². The molecule has 19 heavy (non-hydrogen) atoms. The third kappa shape index (κ3) is 2.93. The monoisotopic (exact) mass is 262 g/mol. The van der Waals surface area contributed by atoms with Gasteiger partial charge in [0.15, 0.2) is 5.58 Å². The number of carboxylic acid groups (broad SMARTS) is 1. The van der Waals surface area contributed by atoms with Crippen molar-refractivity contribution in [2.75, 3.05) is 0 Å². The summed E-state index contributed by atoms with van der Waals surface area (Å²) < 4.78 is 4.90. The summed E-state index contributed by atoms with van der Waals surface area (Å²) in [7, 11) is 0. The molecule has 0 spiro atoms. The molecule has 1 aromatic carbocycles. The molecule has 2 rings (SSSR count). The number of carboxylic acids is 1. The predicted octanol–water partition coefficient (Wildman–Crippen LogP) is 2.34. The smallest absolute Gasteiger partial charge is 0.417 e. The van der Waals surface area contributed by atoms with E-state index < -0.39 is 17.8 Å². The normalized spacial score (nSPS) is 12.0. The van der Waals surface area contributed by atoms with Crippen molar-refractivity contribution >= 4 is 17.1 Å². The van der Waals surface area contributed by atoms with Crippen LogP contribution in [0.15, 0.2) is 32.5 Å². The summed E-state index contributed by atoms with van der Waals surface area (Å²) in [6.07, 6.45) is 0.0678. The first-order chi connectivity index (χ1) is 9.10. The SMILES string of the molecule is [N-]=[N+]=NC(CCC(=O)O)c1ccc2[nH]c(=O)oc2c1. The molecule has 98 valence electrons. The quantitative estimate of drug-likeness (QED) is 0.486. The van der Waals surface area contributed by atoms with E-state index in [0.29, 0.717) is 16.7 Å². The number of rotatable bonds is 5. The lowest BCUT2D eigenvalue weighted by Crippen LogP contribution is -2.00. The fourth-order valence-corrected chi connectivity index (χ4v) is 1.78. The van der Waals surface area contributed by atoms with Crippen LogP contribution in [0.25, 0.3) is 21.5 Å². The molecule has 0 aliphatic rings. The van der Waals surface area contributed by atoms with Crippen LogP contribution < -0.4 is 5.76 Å². The third-order valence-electron chi connectivity index (χ3n) is 2.65. The van der Waals surface area contributed by atoms with Gasteiger partial charge in [-0.15, -0.1) is 0 Å². The van der Waals surface area contributed by atoms with Crippen molar-refractivity contribution in [2.45, 2.75) is 18.9 Å². The van der Waals surface area contributed by atoms with Crippen LogP contribution in [0.5, 0.6) is 0 Å². The van der Waals surface area contributed by atoms with Crippen LogP contribution in [-0.4, -0.2) is 16.1 Å². The Morgan fingerprint density at radius 2 is 2.37 bits per heavy atom. The van der Waals surface area contributed by atoms with Crippen LogP contribution in [0.4, 0.5) is 0 Å². The maximum atomic E-state index is 11.0. The molecular formula is C11H10N4O4. The molecule has 2 aromatic rings. The second-order valence-corrected chi connectivity index (χ2v) is 3.92. The zero-order valence-corrected chi connectivity index (χ0v) is 9.74. The summed E-state index contributed by atoms with van der Waals surface area (Å²) in [5, 5.41) is 12.2. The Morgan fingerprint density at radius 1 is 1.58 bits per heavy atom. The molecule has 8 heteroatoms. The number of aliphatic carboxylic acids is 1. The van der Waals surface area contributed by atoms with Crippen molar-refractivity contribution in [1.29, 1.82) is 0 Å². The van der Waals surface area contributed by atoms with Crippen molar-refractivity contribution in [2.24, 2.45) is 5.11 Å². The summed E-state index contributed by atoms with van der Waals surface area (Å²) in [6.45, 7) is 0. The molecule has 1 atom stereocenters. The van der Waals surface area contributed by atoms with Gasteiger partial charge in [-0.25, -0.2) is 4.79 Å². The Balaban J connectivity index is 2.34. The molecule has 0 saturated carbocycles. The lowest BCUT2D eigenvalue weighted by molar-refractivity contribution is -0.137. The van der Waals surface area contributed by atoms with Gasteiger partial charge in [0.2, 0.25) is 0 Å². The average molecular weight is 262 g/mol. The van der Waals surface area contributed by atoms with E-state index in [-0.39, 0.29) is 12.8 Å². The van der Waals surface area contributed by atoms with E-state index in [4.69, 9.17) is 15.1 Å². The molecule has 0 bridgehead atoms. The molecular weight excluding hydrogens is 252 g/mol. The number of fused-ring (bicyclic) bond motifs is 1. The van der Waals surface area contributed by atoms with E-state index >= 15 is 0 Å². The second kappa shape index (κ2) is 5.28. The van der Waals surface area contributed by atoms with E-state index in [0.717, 1.165) is 0 Å². The highest BCUT2D eigenvalue weighted by atomic mass is 16.4. The molecule has 1 heterocycles. The lowest BCUT2D eigenvalue weighted by Gasteiger charge is -2.09. The molecule has 1 aromatic heterocycles. The number of carbonyl (C=O) groups is 1. The first-order valence-electron chi connectivity index (χ1n) is 5.49. The van der Waals surface area contributed by atoms with Crippen molar-refractivity contribution in [3.05, 3.63) is 44.8 Å². The van der Waals surface area contributed by atoms with Gasteiger partial charge in [-0.3, -0.25) is 9.78 Å². The van der Waals surface area contributed by atoms with Crippen molar-refractivity contribution in [1.82, 2.24) is 4.98 Å². The largest absolute Gasteiger partial charge is 0.481 e. The molecule has 0 amide bonds. The zero-order valence-electron chi connectivity index (χ0n) is 9.74. The standard InChI is InChI=1S/C11H10N4O4/c12-15-14-7(3-4-10(16)17)6-1-2-8-9(5-6)19-11(18)13-8/h1-2,5,7H,3-4H2,(H,13,18)(H,16,17). The number of hydrogen-bond acceptors (Lipinski definition) is 4.